The summed E-state index contributed by atoms with van der Waals surface area (Å²) in [5.41, 5.74) is 0.464. The molecule has 0 atom stereocenters. The molecule has 1 fully saturated rings. The molecular formula is C22H20FN3O4. The van der Waals surface area contributed by atoms with Crippen LogP contribution >= 0.6 is 0 Å². The molecule has 2 aromatic carbocycles. The van der Waals surface area contributed by atoms with Gasteiger partial charge in [-0.25, -0.2) is 4.39 Å². The number of aromatic hydroxyl groups is 1. The lowest BCUT2D eigenvalue weighted by atomic mass is 10.1. The molecule has 7 nitrogen and oxygen atoms in total. The molecule has 1 aliphatic heterocycles. The van der Waals surface area contributed by atoms with E-state index < -0.39 is 17.2 Å². The van der Waals surface area contributed by atoms with Gasteiger partial charge in [0.05, 0.1) is 11.1 Å². The third kappa shape index (κ3) is 2.79. The molecule has 1 saturated carbocycles. The SMILES string of the molecule is CN(C)C(=O)c1cn2c3c(c(NCC4CC4)c(F)cc3c1=O)Oc1cc(O)ccc1-2. The van der Waals surface area contributed by atoms with Crippen LogP contribution in [-0.2, 0) is 0 Å². The van der Waals surface area contributed by atoms with Gasteiger partial charge >= 0.3 is 0 Å². The van der Waals surface area contributed by atoms with Crippen LogP contribution in [0.25, 0.3) is 16.6 Å². The fraction of sp³-hybridized carbons (Fsp3) is 0.273. The highest BCUT2D eigenvalue weighted by Gasteiger charge is 2.30. The molecule has 0 radical (unpaired) electrons. The average Bonchev–Trinajstić information content (AvgIpc) is 3.52. The summed E-state index contributed by atoms with van der Waals surface area (Å²) in [5.74, 6) is -0.145. The quantitative estimate of drug-likeness (QED) is 0.539. The molecule has 0 spiro atoms. The zero-order valence-corrected chi connectivity index (χ0v) is 16.5. The number of anilines is 1. The summed E-state index contributed by atoms with van der Waals surface area (Å²) in [6.07, 6.45) is 3.64. The number of ether oxygens (including phenoxy) is 1. The van der Waals surface area contributed by atoms with Crippen LogP contribution in [0, 0.1) is 11.7 Å². The largest absolute Gasteiger partial charge is 0.508 e. The number of benzene rings is 2. The second kappa shape index (κ2) is 6.48. The van der Waals surface area contributed by atoms with E-state index >= 15 is 4.39 Å². The predicted molar refractivity (Wildman–Crippen MR) is 110 cm³/mol. The number of hydrogen-bond acceptors (Lipinski definition) is 5. The minimum atomic E-state index is -0.625. The standard InChI is InChI=1S/C22H20FN3O4/c1-25(2)22(29)14-10-26-16-6-5-12(27)7-17(16)30-21-18(24-9-11-3-4-11)15(23)8-13(19(21)26)20(14)28/h5-8,10-11,24,27H,3-4,9H2,1-2H3. The van der Waals surface area contributed by atoms with E-state index in [9.17, 15) is 14.7 Å². The van der Waals surface area contributed by atoms with Crippen LogP contribution in [-0.4, -0.2) is 41.1 Å². The number of halogens is 1. The number of aromatic nitrogens is 1. The van der Waals surface area contributed by atoms with Crippen LogP contribution in [0.1, 0.15) is 23.2 Å². The van der Waals surface area contributed by atoms with Crippen molar-refractivity contribution in [2.75, 3.05) is 26.0 Å². The molecule has 5 rings (SSSR count). The molecule has 3 aromatic rings. The second-order valence-corrected chi connectivity index (χ2v) is 7.98. The number of rotatable bonds is 4. The van der Waals surface area contributed by atoms with Gasteiger partial charge in [0.15, 0.2) is 17.3 Å². The maximum Gasteiger partial charge on any atom is 0.258 e. The van der Waals surface area contributed by atoms with Gasteiger partial charge in [-0.05, 0) is 37.0 Å². The topological polar surface area (TPSA) is 83.8 Å². The highest BCUT2D eigenvalue weighted by Crippen LogP contribution is 2.46. The van der Waals surface area contributed by atoms with Crippen LogP contribution < -0.4 is 15.5 Å². The number of pyridine rings is 1. The number of phenols is 1. The van der Waals surface area contributed by atoms with Crippen LogP contribution in [0.15, 0.2) is 35.3 Å². The third-order valence-electron chi connectivity index (χ3n) is 5.51. The number of phenolic OH excluding ortho intramolecular Hbond substituents is 1. The monoisotopic (exact) mass is 409 g/mol. The number of hydrogen-bond donors (Lipinski definition) is 2. The van der Waals surface area contributed by atoms with Gasteiger partial charge in [-0.15, -0.1) is 0 Å². The number of fused-ring (bicyclic) bond motifs is 2. The number of carbonyl (C=O) groups is 1. The highest BCUT2D eigenvalue weighted by molar-refractivity contribution is 6.01. The fourth-order valence-electron chi connectivity index (χ4n) is 3.74. The molecule has 30 heavy (non-hydrogen) atoms. The van der Waals surface area contributed by atoms with Gasteiger partial charge in [0.2, 0.25) is 5.43 Å². The molecule has 0 saturated heterocycles. The van der Waals surface area contributed by atoms with E-state index in [0.717, 1.165) is 18.9 Å². The first-order valence-corrected chi connectivity index (χ1v) is 9.73. The summed E-state index contributed by atoms with van der Waals surface area (Å²) in [4.78, 5) is 27.0. The van der Waals surface area contributed by atoms with Gasteiger partial charge in [0, 0.05) is 32.9 Å². The Balaban J connectivity index is 1.83. The second-order valence-electron chi connectivity index (χ2n) is 7.98. The lowest BCUT2D eigenvalue weighted by molar-refractivity contribution is 0.0826. The first kappa shape index (κ1) is 18.5. The lowest BCUT2D eigenvalue weighted by Crippen LogP contribution is -2.29. The van der Waals surface area contributed by atoms with E-state index in [0.29, 0.717) is 29.4 Å². The molecule has 0 bridgehead atoms. The van der Waals surface area contributed by atoms with Crippen molar-refractivity contribution < 1.29 is 19.0 Å². The molecule has 1 amide bonds. The van der Waals surface area contributed by atoms with Gasteiger partial charge in [-0.3, -0.25) is 9.59 Å². The van der Waals surface area contributed by atoms with Crippen LogP contribution in [0.4, 0.5) is 10.1 Å². The number of nitrogens with one attached hydrogen (secondary N) is 1. The molecule has 1 aliphatic carbocycles. The number of amides is 1. The van der Waals surface area contributed by atoms with Crippen LogP contribution in [0.5, 0.6) is 17.2 Å². The zero-order chi connectivity index (χ0) is 21.2. The van der Waals surface area contributed by atoms with Gasteiger partial charge in [-0.2, -0.15) is 0 Å². The maximum absolute atomic E-state index is 15.1. The Morgan fingerprint density at radius 1 is 1.33 bits per heavy atom. The average molecular weight is 409 g/mol. The van der Waals surface area contributed by atoms with E-state index in [1.807, 2.05) is 0 Å². The molecule has 2 N–H and O–H groups in total. The maximum atomic E-state index is 15.1. The molecule has 8 heteroatoms. The van der Waals surface area contributed by atoms with Gasteiger partial charge in [-0.1, -0.05) is 0 Å². The van der Waals surface area contributed by atoms with Crippen molar-refractivity contribution in [1.82, 2.24) is 9.47 Å². The molecular weight excluding hydrogens is 389 g/mol. The van der Waals surface area contributed by atoms with Crippen molar-refractivity contribution in [3.05, 3.63) is 52.1 Å². The van der Waals surface area contributed by atoms with E-state index in [-0.39, 0.29) is 28.1 Å². The third-order valence-corrected chi connectivity index (χ3v) is 5.51. The Bertz CT molecular complexity index is 1280. The van der Waals surface area contributed by atoms with Gasteiger partial charge < -0.3 is 24.6 Å². The lowest BCUT2D eigenvalue weighted by Gasteiger charge is -2.26. The summed E-state index contributed by atoms with van der Waals surface area (Å²) in [7, 11) is 3.10. The van der Waals surface area contributed by atoms with Gasteiger partial charge in [0.1, 0.15) is 22.5 Å². The van der Waals surface area contributed by atoms with Crippen molar-refractivity contribution in [1.29, 1.82) is 0 Å². The molecule has 0 unspecified atom stereocenters. The summed E-state index contributed by atoms with van der Waals surface area (Å²) in [6, 6.07) is 5.70. The Kier molecular flexibility index (Phi) is 3.99. The number of carbonyl (C=O) groups excluding carboxylic acids is 1. The van der Waals surface area contributed by atoms with E-state index in [2.05, 4.69) is 5.32 Å². The first-order chi connectivity index (χ1) is 14.3. The molecule has 154 valence electrons. The summed E-state index contributed by atoms with van der Waals surface area (Å²) >= 11 is 0. The normalized spacial score (nSPS) is 14.2. The fourth-order valence-corrected chi connectivity index (χ4v) is 3.74. The minimum Gasteiger partial charge on any atom is -0.508 e. The Morgan fingerprint density at radius 3 is 2.80 bits per heavy atom. The Morgan fingerprint density at radius 2 is 2.10 bits per heavy atom. The summed E-state index contributed by atoms with van der Waals surface area (Å²) in [6.45, 7) is 0.604. The smallest absolute Gasteiger partial charge is 0.258 e. The van der Waals surface area contributed by atoms with E-state index in [1.165, 1.54) is 23.2 Å². The predicted octanol–water partition coefficient (Wildman–Crippen LogP) is 3.46. The van der Waals surface area contributed by atoms with Crippen molar-refractivity contribution in [3.8, 4) is 22.9 Å². The zero-order valence-electron chi connectivity index (χ0n) is 16.5. The van der Waals surface area contributed by atoms with Gasteiger partial charge in [0.25, 0.3) is 5.91 Å². The molecule has 2 heterocycles. The molecule has 2 aliphatic rings. The van der Waals surface area contributed by atoms with Crippen LogP contribution in [0.2, 0.25) is 0 Å². The van der Waals surface area contributed by atoms with Crippen LogP contribution in [0.3, 0.4) is 0 Å². The van der Waals surface area contributed by atoms with E-state index in [1.54, 1.807) is 24.7 Å². The van der Waals surface area contributed by atoms with Crippen molar-refractivity contribution in [3.63, 3.8) is 0 Å². The van der Waals surface area contributed by atoms with E-state index in [4.69, 9.17) is 4.74 Å². The van der Waals surface area contributed by atoms with Crippen molar-refractivity contribution in [2.45, 2.75) is 12.8 Å². The van der Waals surface area contributed by atoms with Crippen molar-refractivity contribution in [2.24, 2.45) is 5.92 Å². The molecule has 1 aromatic heterocycles. The Labute approximate surface area is 171 Å². The minimum absolute atomic E-state index is 0.0111. The van der Waals surface area contributed by atoms with Crippen molar-refractivity contribution >= 4 is 22.5 Å². The highest BCUT2D eigenvalue weighted by atomic mass is 19.1. The first-order valence-electron chi connectivity index (χ1n) is 9.73. The number of nitrogens with zero attached hydrogens (tertiary/aromatic N) is 2. The summed E-state index contributed by atoms with van der Waals surface area (Å²) in [5, 5.41) is 13.1. The Hall–Kier alpha value is -3.55. The summed E-state index contributed by atoms with van der Waals surface area (Å²) < 4.78 is 22.7.